The van der Waals surface area contributed by atoms with Crippen molar-refractivity contribution in [2.45, 2.75) is 6.92 Å². The summed E-state index contributed by atoms with van der Waals surface area (Å²) in [5.41, 5.74) is 0.0536. The average Bonchev–Trinajstić information content (AvgIpc) is 2.81. The van der Waals surface area contributed by atoms with E-state index in [1.807, 2.05) is 0 Å². The van der Waals surface area contributed by atoms with Gasteiger partial charge in [-0.1, -0.05) is 35.9 Å². The van der Waals surface area contributed by atoms with Crippen LogP contribution in [0.2, 0.25) is 5.02 Å². The van der Waals surface area contributed by atoms with Crippen LogP contribution < -0.4 is 15.5 Å². The molecule has 170 valence electrons. The number of nitrogens with zero attached hydrogens (tertiary/aromatic N) is 2. The number of halogens is 2. The number of anilines is 1. The van der Waals surface area contributed by atoms with Crippen molar-refractivity contribution in [1.82, 2.24) is 9.78 Å². The van der Waals surface area contributed by atoms with Crippen LogP contribution in [0.25, 0.3) is 5.69 Å². The van der Waals surface area contributed by atoms with Crippen molar-refractivity contribution in [3.63, 3.8) is 0 Å². The van der Waals surface area contributed by atoms with Crippen LogP contribution in [0.3, 0.4) is 0 Å². The first-order valence-corrected chi connectivity index (χ1v) is 10.5. The van der Waals surface area contributed by atoms with Gasteiger partial charge in [-0.25, -0.2) is 13.9 Å². The molecule has 0 aliphatic rings. The van der Waals surface area contributed by atoms with E-state index in [1.54, 1.807) is 37.3 Å². The number of aromatic nitrogens is 2. The lowest BCUT2D eigenvalue weighted by molar-refractivity contribution is 0.0724. The van der Waals surface area contributed by atoms with Gasteiger partial charge in [-0.3, -0.25) is 9.59 Å². The summed E-state index contributed by atoms with van der Waals surface area (Å²) in [6.45, 7) is 1.57. The molecule has 0 saturated carbocycles. The Morgan fingerprint density at radius 3 is 2.38 bits per heavy atom. The number of ether oxygens (including phenoxy) is 1. The van der Waals surface area contributed by atoms with Crippen LogP contribution in [0.4, 0.5) is 10.1 Å². The molecule has 0 bridgehead atoms. The normalized spacial score (nSPS) is 10.6. The highest BCUT2D eigenvalue weighted by molar-refractivity contribution is 6.34. The molecule has 1 heterocycles. The minimum Gasteiger partial charge on any atom is -0.422 e. The van der Waals surface area contributed by atoms with Crippen LogP contribution in [-0.4, -0.2) is 21.7 Å². The largest absolute Gasteiger partial charge is 0.422 e. The number of aryl methyl sites for hydroxylation is 1. The third-order valence-electron chi connectivity index (χ3n) is 4.82. The molecular formula is C25H17ClFN3O4. The summed E-state index contributed by atoms with van der Waals surface area (Å²) in [7, 11) is 0. The molecular weight excluding hydrogens is 461 g/mol. The molecule has 4 aromatic rings. The van der Waals surface area contributed by atoms with Gasteiger partial charge in [0.2, 0.25) is 11.1 Å². The number of para-hydroxylation sites is 1. The van der Waals surface area contributed by atoms with E-state index in [-0.39, 0.29) is 11.4 Å². The number of benzene rings is 3. The molecule has 0 aliphatic carbocycles. The van der Waals surface area contributed by atoms with E-state index < -0.39 is 28.8 Å². The summed E-state index contributed by atoms with van der Waals surface area (Å²) in [6.07, 6.45) is 0. The maximum atomic E-state index is 14.2. The molecule has 4 rings (SSSR count). The molecule has 9 heteroatoms. The number of amides is 1. The van der Waals surface area contributed by atoms with Crippen molar-refractivity contribution in [2.75, 3.05) is 5.32 Å². The highest BCUT2D eigenvalue weighted by Gasteiger charge is 2.19. The highest BCUT2D eigenvalue weighted by atomic mass is 35.5. The van der Waals surface area contributed by atoms with E-state index >= 15 is 0 Å². The Morgan fingerprint density at radius 2 is 1.68 bits per heavy atom. The number of nitrogens with one attached hydrogen (secondary N) is 1. The third-order valence-corrected chi connectivity index (χ3v) is 5.15. The summed E-state index contributed by atoms with van der Waals surface area (Å²) in [5.74, 6) is -1.83. The maximum absolute atomic E-state index is 14.2. The summed E-state index contributed by atoms with van der Waals surface area (Å²) in [4.78, 5) is 37.3. The number of hydrogen-bond acceptors (Lipinski definition) is 5. The lowest BCUT2D eigenvalue weighted by Crippen LogP contribution is -2.26. The number of carbonyl (C=O) groups excluding carboxylic acids is 2. The Labute approximate surface area is 198 Å². The molecule has 0 saturated heterocycles. The second-order valence-electron chi connectivity index (χ2n) is 7.21. The Kier molecular flexibility index (Phi) is 6.51. The van der Waals surface area contributed by atoms with Gasteiger partial charge in [0, 0.05) is 17.4 Å². The third kappa shape index (κ3) is 4.87. The molecule has 1 aromatic heterocycles. The lowest BCUT2D eigenvalue weighted by Gasteiger charge is -2.12. The molecule has 0 aliphatic heterocycles. The first kappa shape index (κ1) is 22.9. The predicted octanol–water partition coefficient (Wildman–Crippen LogP) is 4.80. The van der Waals surface area contributed by atoms with Crippen LogP contribution in [0.1, 0.15) is 26.5 Å². The zero-order valence-corrected chi connectivity index (χ0v) is 18.5. The molecule has 34 heavy (non-hydrogen) atoms. The monoisotopic (exact) mass is 477 g/mol. The summed E-state index contributed by atoms with van der Waals surface area (Å²) in [5, 5.41) is 7.03. The highest BCUT2D eigenvalue weighted by Crippen LogP contribution is 2.20. The number of esters is 1. The first-order valence-electron chi connectivity index (χ1n) is 10.1. The standard InChI is InChI=1S/C25H17ClFN3O4/c1-15-14-22(31)23(29-30(15)21-9-5-4-8-20(21)27)25(33)34-17-12-10-16(11-13-17)28-24(32)18-6-2-3-7-19(18)26/h2-14H,1H3,(H,28,32). The number of hydrogen-bond donors (Lipinski definition) is 1. The zero-order chi connectivity index (χ0) is 24.2. The fourth-order valence-corrected chi connectivity index (χ4v) is 3.38. The van der Waals surface area contributed by atoms with Crippen molar-refractivity contribution < 1.29 is 18.7 Å². The lowest BCUT2D eigenvalue weighted by atomic mass is 10.2. The van der Waals surface area contributed by atoms with Gasteiger partial charge >= 0.3 is 5.97 Å². The Hall–Kier alpha value is -4.30. The van der Waals surface area contributed by atoms with Crippen molar-refractivity contribution >= 4 is 29.2 Å². The maximum Gasteiger partial charge on any atom is 0.368 e. The SMILES string of the molecule is Cc1cc(=O)c(C(=O)Oc2ccc(NC(=O)c3ccccc3Cl)cc2)nn1-c1ccccc1F. The molecule has 1 amide bonds. The fourth-order valence-electron chi connectivity index (χ4n) is 3.16. The van der Waals surface area contributed by atoms with Crippen molar-refractivity contribution in [3.05, 3.63) is 117 Å². The van der Waals surface area contributed by atoms with Gasteiger partial charge in [-0.15, -0.1) is 0 Å². The predicted molar refractivity (Wildman–Crippen MR) is 125 cm³/mol. The summed E-state index contributed by atoms with van der Waals surface area (Å²) in [6, 6.07) is 19.6. The van der Waals surface area contributed by atoms with E-state index in [0.29, 0.717) is 22.0 Å². The number of rotatable bonds is 5. The molecule has 7 nitrogen and oxygen atoms in total. The smallest absolute Gasteiger partial charge is 0.368 e. The van der Waals surface area contributed by atoms with Crippen LogP contribution in [-0.2, 0) is 0 Å². The topological polar surface area (TPSA) is 90.3 Å². The van der Waals surface area contributed by atoms with Crippen LogP contribution in [0.5, 0.6) is 5.75 Å². The van der Waals surface area contributed by atoms with E-state index in [4.69, 9.17) is 16.3 Å². The van der Waals surface area contributed by atoms with Crippen molar-refractivity contribution in [3.8, 4) is 11.4 Å². The second-order valence-corrected chi connectivity index (χ2v) is 7.62. The number of carbonyl (C=O) groups is 2. The minimum atomic E-state index is -0.997. The second kappa shape index (κ2) is 9.68. The van der Waals surface area contributed by atoms with Gasteiger partial charge in [0.25, 0.3) is 5.91 Å². The minimum absolute atomic E-state index is 0.0904. The zero-order valence-electron chi connectivity index (χ0n) is 17.8. The molecule has 3 aromatic carbocycles. The van der Waals surface area contributed by atoms with Gasteiger partial charge in [-0.05, 0) is 55.5 Å². The Morgan fingerprint density at radius 1 is 1.00 bits per heavy atom. The molecule has 0 unspecified atom stereocenters. The van der Waals surface area contributed by atoms with Crippen LogP contribution in [0.15, 0.2) is 83.7 Å². The molecule has 1 N–H and O–H groups in total. The Balaban J connectivity index is 1.52. The van der Waals surface area contributed by atoms with E-state index in [2.05, 4.69) is 10.4 Å². The first-order chi connectivity index (χ1) is 16.3. The molecule has 0 fully saturated rings. The van der Waals surface area contributed by atoms with Gasteiger partial charge in [0.1, 0.15) is 17.3 Å². The van der Waals surface area contributed by atoms with Gasteiger partial charge in [-0.2, -0.15) is 5.10 Å². The summed E-state index contributed by atoms with van der Waals surface area (Å²) >= 11 is 6.04. The molecule has 0 radical (unpaired) electrons. The summed E-state index contributed by atoms with van der Waals surface area (Å²) < 4.78 is 20.6. The van der Waals surface area contributed by atoms with Gasteiger partial charge < -0.3 is 10.1 Å². The molecule has 0 atom stereocenters. The average molecular weight is 478 g/mol. The van der Waals surface area contributed by atoms with Crippen LogP contribution in [0, 0.1) is 12.7 Å². The van der Waals surface area contributed by atoms with E-state index in [0.717, 1.165) is 0 Å². The van der Waals surface area contributed by atoms with Crippen LogP contribution >= 0.6 is 11.6 Å². The van der Waals surface area contributed by atoms with E-state index in [9.17, 15) is 18.8 Å². The molecule has 0 spiro atoms. The van der Waals surface area contributed by atoms with Crippen molar-refractivity contribution in [1.29, 1.82) is 0 Å². The fraction of sp³-hybridized carbons (Fsp3) is 0.0400. The van der Waals surface area contributed by atoms with E-state index in [1.165, 1.54) is 53.2 Å². The quantitative estimate of drug-likeness (QED) is 0.329. The van der Waals surface area contributed by atoms with Gasteiger partial charge in [0.05, 0.1) is 10.6 Å². The van der Waals surface area contributed by atoms with Gasteiger partial charge in [0.15, 0.2) is 0 Å². The Bertz CT molecular complexity index is 1450. The van der Waals surface area contributed by atoms with Crippen molar-refractivity contribution in [2.24, 2.45) is 0 Å².